The highest BCUT2D eigenvalue weighted by Crippen LogP contribution is 1.97. The van der Waals surface area contributed by atoms with Gasteiger partial charge in [0, 0.05) is 13.2 Å². The molecule has 0 aliphatic heterocycles. The Morgan fingerprint density at radius 2 is 1.56 bits per heavy atom. The van der Waals surface area contributed by atoms with Crippen molar-refractivity contribution in [2.75, 3.05) is 51.6 Å². The standard InChI is InChI=1S/C11H25NO5S/c1-11(12)3-9-18(13,14)10-8-17-7-6-16-5-4-15-2/h11H,3-10,12H2,1-2H3. The van der Waals surface area contributed by atoms with Crippen molar-refractivity contribution in [1.29, 1.82) is 0 Å². The van der Waals surface area contributed by atoms with Gasteiger partial charge in [-0.3, -0.25) is 0 Å². The number of hydrogen-bond donors (Lipinski definition) is 1. The van der Waals surface area contributed by atoms with E-state index in [-0.39, 0.29) is 24.2 Å². The first kappa shape index (κ1) is 17.8. The number of sulfone groups is 1. The van der Waals surface area contributed by atoms with Gasteiger partial charge in [-0.25, -0.2) is 8.42 Å². The van der Waals surface area contributed by atoms with E-state index in [4.69, 9.17) is 19.9 Å². The minimum atomic E-state index is -3.04. The fourth-order valence-corrected chi connectivity index (χ4v) is 2.42. The van der Waals surface area contributed by atoms with E-state index in [1.807, 2.05) is 0 Å². The Balaban J connectivity index is 3.42. The van der Waals surface area contributed by atoms with Crippen molar-refractivity contribution >= 4 is 9.84 Å². The van der Waals surface area contributed by atoms with E-state index in [9.17, 15) is 8.42 Å². The van der Waals surface area contributed by atoms with Crippen molar-refractivity contribution in [2.24, 2.45) is 5.73 Å². The van der Waals surface area contributed by atoms with Crippen molar-refractivity contribution < 1.29 is 22.6 Å². The lowest BCUT2D eigenvalue weighted by molar-refractivity contribution is 0.0284. The molecule has 0 aromatic carbocycles. The van der Waals surface area contributed by atoms with E-state index in [0.717, 1.165) is 0 Å². The van der Waals surface area contributed by atoms with E-state index < -0.39 is 9.84 Å². The van der Waals surface area contributed by atoms with Crippen LogP contribution in [0.5, 0.6) is 0 Å². The molecule has 0 fully saturated rings. The fourth-order valence-electron chi connectivity index (χ4n) is 1.12. The molecule has 0 saturated carbocycles. The SMILES string of the molecule is COCCOCCOCCS(=O)(=O)CCC(C)N. The zero-order chi connectivity index (χ0) is 13.9. The van der Waals surface area contributed by atoms with Crippen molar-refractivity contribution in [2.45, 2.75) is 19.4 Å². The highest BCUT2D eigenvalue weighted by atomic mass is 32.2. The molecule has 0 aromatic rings. The maximum absolute atomic E-state index is 11.5. The van der Waals surface area contributed by atoms with Crippen molar-refractivity contribution in [1.82, 2.24) is 0 Å². The Morgan fingerprint density at radius 1 is 1.00 bits per heavy atom. The number of ether oxygens (including phenoxy) is 3. The number of nitrogens with two attached hydrogens (primary N) is 1. The summed E-state index contributed by atoms with van der Waals surface area (Å²) in [6.07, 6.45) is 0.489. The van der Waals surface area contributed by atoms with Crippen molar-refractivity contribution in [3.8, 4) is 0 Å². The molecule has 7 heteroatoms. The lowest BCUT2D eigenvalue weighted by Gasteiger charge is -2.08. The molecule has 0 aliphatic rings. The second-order valence-corrected chi connectivity index (χ2v) is 6.44. The molecule has 2 N–H and O–H groups in total. The van der Waals surface area contributed by atoms with Gasteiger partial charge in [0.05, 0.1) is 44.5 Å². The number of rotatable bonds is 12. The predicted octanol–water partition coefficient (Wildman–Crippen LogP) is -0.182. The maximum atomic E-state index is 11.5. The third-order valence-corrected chi connectivity index (χ3v) is 3.87. The molecule has 0 aliphatic carbocycles. The lowest BCUT2D eigenvalue weighted by Crippen LogP contribution is -2.23. The minimum Gasteiger partial charge on any atom is -0.382 e. The third-order valence-electron chi connectivity index (χ3n) is 2.23. The summed E-state index contributed by atoms with van der Waals surface area (Å²) in [4.78, 5) is 0. The summed E-state index contributed by atoms with van der Waals surface area (Å²) < 4.78 is 38.2. The van der Waals surface area contributed by atoms with Crippen LogP contribution in [0.1, 0.15) is 13.3 Å². The zero-order valence-electron chi connectivity index (χ0n) is 11.3. The summed E-state index contributed by atoms with van der Waals surface area (Å²) in [6, 6.07) is -0.0881. The van der Waals surface area contributed by atoms with Crippen LogP contribution in [0.25, 0.3) is 0 Å². The smallest absolute Gasteiger partial charge is 0.152 e. The molecule has 0 spiro atoms. The molecule has 1 unspecified atom stereocenters. The first-order valence-electron chi connectivity index (χ1n) is 6.08. The van der Waals surface area contributed by atoms with E-state index in [0.29, 0.717) is 32.8 Å². The molecule has 18 heavy (non-hydrogen) atoms. The molecular weight excluding hydrogens is 258 g/mol. The van der Waals surface area contributed by atoms with Gasteiger partial charge in [0.15, 0.2) is 9.84 Å². The van der Waals surface area contributed by atoms with Crippen LogP contribution < -0.4 is 5.73 Å². The highest BCUT2D eigenvalue weighted by molar-refractivity contribution is 7.91. The second-order valence-electron chi connectivity index (χ2n) is 4.14. The summed E-state index contributed by atoms with van der Waals surface area (Å²) >= 11 is 0. The molecule has 0 amide bonds. The summed E-state index contributed by atoms with van der Waals surface area (Å²) in [5, 5.41) is 0. The predicted molar refractivity (Wildman–Crippen MR) is 70.4 cm³/mol. The van der Waals surface area contributed by atoms with Gasteiger partial charge in [0.1, 0.15) is 0 Å². The Labute approximate surface area is 110 Å². The molecule has 0 radical (unpaired) electrons. The van der Waals surface area contributed by atoms with E-state index >= 15 is 0 Å². The summed E-state index contributed by atoms with van der Waals surface area (Å²) in [7, 11) is -1.44. The van der Waals surface area contributed by atoms with Crippen LogP contribution >= 0.6 is 0 Å². The Morgan fingerprint density at radius 3 is 2.11 bits per heavy atom. The molecule has 6 nitrogen and oxygen atoms in total. The van der Waals surface area contributed by atoms with Gasteiger partial charge < -0.3 is 19.9 Å². The normalized spacial score (nSPS) is 13.7. The molecule has 0 aromatic heterocycles. The quantitative estimate of drug-likeness (QED) is 0.500. The first-order chi connectivity index (χ1) is 8.48. The zero-order valence-corrected chi connectivity index (χ0v) is 12.1. The number of hydrogen-bond acceptors (Lipinski definition) is 6. The van der Waals surface area contributed by atoms with Crippen LogP contribution in [0, 0.1) is 0 Å². The topological polar surface area (TPSA) is 87.9 Å². The maximum Gasteiger partial charge on any atom is 0.152 e. The Hall–Kier alpha value is -0.210. The van der Waals surface area contributed by atoms with Crippen LogP contribution in [0.2, 0.25) is 0 Å². The first-order valence-corrected chi connectivity index (χ1v) is 7.90. The van der Waals surface area contributed by atoms with Gasteiger partial charge in [-0.05, 0) is 13.3 Å². The molecule has 0 bridgehead atoms. The van der Waals surface area contributed by atoms with Crippen LogP contribution in [0.4, 0.5) is 0 Å². The Bertz CT molecular complexity index is 279. The largest absolute Gasteiger partial charge is 0.382 e. The van der Waals surface area contributed by atoms with Gasteiger partial charge in [-0.1, -0.05) is 0 Å². The van der Waals surface area contributed by atoms with Gasteiger partial charge in [-0.2, -0.15) is 0 Å². The number of methoxy groups -OCH3 is 1. The third kappa shape index (κ3) is 12.3. The average molecular weight is 283 g/mol. The average Bonchev–Trinajstić information content (AvgIpc) is 2.30. The van der Waals surface area contributed by atoms with Gasteiger partial charge in [-0.15, -0.1) is 0 Å². The molecule has 110 valence electrons. The van der Waals surface area contributed by atoms with Gasteiger partial charge in [0.2, 0.25) is 0 Å². The van der Waals surface area contributed by atoms with E-state index in [2.05, 4.69) is 0 Å². The fraction of sp³-hybridized carbons (Fsp3) is 1.00. The molecule has 0 heterocycles. The van der Waals surface area contributed by atoms with Crippen LogP contribution in [-0.4, -0.2) is 66.1 Å². The molecule has 0 saturated heterocycles. The van der Waals surface area contributed by atoms with Crippen LogP contribution in [0.15, 0.2) is 0 Å². The van der Waals surface area contributed by atoms with Crippen LogP contribution in [-0.2, 0) is 24.0 Å². The monoisotopic (exact) mass is 283 g/mol. The van der Waals surface area contributed by atoms with Gasteiger partial charge >= 0.3 is 0 Å². The molecule has 1 atom stereocenters. The molecular formula is C11H25NO5S. The molecule has 0 rings (SSSR count). The Kier molecular flexibility index (Phi) is 10.6. The van der Waals surface area contributed by atoms with Gasteiger partial charge in [0.25, 0.3) is 0 Å². The summed E-state index contributed by atoms with van der Waals surface area (Å²) in [5.74, 6) is 0.163. The van der Waals surface area contributed by atoms with Crippen LogP contribution in [0.3, 0.4) is 0 Å². The summed E-state index contributed by atoms with van der Waals surface area (Å²) in [5.41, 5.74) is 5.51. The van der Waals surface area contributed by atoms with Crippen molar-refractivity contribution in [3.05, 3.63) is 0 Å². The minimum absolute atomic E-state index is 0.0395. The highest BCUT2D eigenvalue weighted by Gasteiger charge is 2.11. The lowest BCUT2D eigenvalue weighted by atomic mass is 10.3. The summed E-state index contributed by atoms with van der Waals surface area (Å²) in [6.45, 7) is 3.91. The van der Waals surface area contributed by atoms with E-state index in [1.54, 1.807) is 14.0 Å². The van der Waals surface area contributed by atoms with E-state index in [1.165, 1.54) is 0 Å². The second kappa shape index (κ2) is 10.7. The van der Waals surface area contributed by atoms with Crippen molar-refractivity contribution in [3.63, 3.8) is 0 Å².